The van der Waals surface area contributed by atoms with Crippen molar-refractivity contribution in [1.82, 2.24) is 0 Å². The summed E-state index contributed by atoms with van der Waals surface area (Å²) in [6.07, 6.45) is 0. The van der Waals surface area contributed by atoms with Gasteiger partial charge in [-0.3, -0.25) is 14.4 Å². The first-order chi connectivity index (χ1) is 15.4. The zero-order valence-electron chi connectivity index (χ0n) is 17.7. The molecule has 5 N–H and O–H groups in total. The first kappa shape index (κ1) is 22.4. The molecule has 3 amide bonds. The largest absolute Gasteiger partial charge is 0.495 e. The number of amides is 3. The summed E-state index contributed by atoms with van der Waals surface area (Å²) < 4.78 is 5.24. The van der Waals surface area contributed by atoms with Gasteiger partial charge in [-0.25, -0.2) is 0 Å². The van der Waals surface area contributed by atoms with Gasteiger partial charge >= 0.3 is 0 Å². The lowest BCUT2D eigenvalue weighted by molar-refractivity contribution is -0.116. The minimum atomic E-state index is -0.543. The second kappa shape index (κ2) is 10.1. The van der Waals surface area contributed by atoms with Crippen LogP contribution < -0.4 is 26.4 Å². The topological polar surface area (TPSA) is 123 Å². The number of benzene rings is 3. The van der Waals surface area contributed by atoms with E-state index in [9.17, 15) is 14.4 Å². The van der Waals surface area contributed by atoms with Gasteiger partial charge in [0.2, 0.25) is 11.8 Å². The Labute approximate surface area is 185 Å². The highest BCUT2D eigenvalue weighted by Crippen LogP contribution is 2.24. The van der Waals surface area contributed by atoms with E-state index in [1.54, 1.807) is 74.7 Å². The Morgan fingerprint density at radius 3 is 2.03 bits per heavy atom. The van der Waals surface area contributed by atoms with Crippen LogP contribution in [0.15, 0.2) is 72.8 Å². The summed E-state index contributed by atoms with van der Waals surface area (Å²) >= 11 is 0. The monoisotopic (exact) mass is 432 g/mol. The van der Waals surface area contributed by atoms with Gasteiger partial charge in [0.05, 0.1) is 12.8 Å². The van der Waals surface area contributed by atoms with Crippen molar-refractivity contribution in [3.05, 3.63) is 83.9 Å². The number of para-hydroxylation sites is 2. The van der Waals surface area contributed by atoms with Crippen molar-refractivity contribution in [1.29, 1.82) is 0 Å². The van der Waals surface area contributed by atoms with Crippen molar-refractivity contribution in [3.8, 4) is 5.75 Å². The molecule has 0 aliphatic rings. The molecule has 3 aromatic rings. The van der Waals surface area contributed by atoms with Crippen LogP contribution in [0.3, 0.4) is 0 Å². The van der Waals surface area contributed by atoms with Gasteiger partial charge in [0.15, 0.2) is 0 Å². The van der Waals surface area contributed by atoms with Gasteiger partial charge in [-0.05, 0) is 67.6 Å². The Bertz CT molecular complexity index is 1110. The van der Waals surface area contributed by atoms with E-state index in [0.29, 0.717) is 33.9 Å². The molecule has 0 heterocycles. The molecule has 0 unspecified atom stereocenters. The Kier molecular flexibility index (Phi) is 7.07. The fourth-order valence-electron chi connectivity index (χ4n) is 2.94. The molecule has 0 saturated carbocycles. The van der Waals surface area contributed by atoms with Crippen molar-refractivity contribution in [2.24, 2.45) is 5.73 Å². The van der Waals surface area contributed by atoms with Crippen molar-refractivity contribution in [3.63, 3.8) is 0 Å². The number of hydrogen-bond donors (Lipinski definition) is 4. The number of nitrogens with one attached hydrogen (secondary N) is 3. The number of methoxy groups -OCH3 is 1. The maximum atomic E-state index is 12.5. The Balaban J connectivity index is 1.57. The number of anilines is 3. The molecule has 3 rings (SSSR count). The van der Waals surface area contributed by atoms with E-state index in [-0.39, 0.29) is 11.8 Å². The zero-order valence-corrected chi connectivity index (χ0v) is 17.7. The van der Waals surface area contributed by atoms with E-state index in [1.807, 2.05) is 12.1 Å². The molecule has 0 saturated heterocycles. The van der Waals surface area contributed by atoms with Crippen LogP contribution in [-0.2, 0) is 4.79 Å². The average molecular weight is 432 g/mol. The second-order valence-corrected chi connectivity index (χ2v) is 7.03. The van der Waals surface area contributed by atoms with E-state index in [2.05, 4.69) is 16.0 Å². The number of ether oxygens (including phenoxy) is 1. The smallest absolute Gasteiger partial charge is 0.255 e. The molecule has 0 radical (unpaired) electrons. The normalized spacial score (nSPS) is 11.2. The minimum absolute atomic E-state index is 0.255. The maximum absolute atomic E-state index is 12.5. The molecule has 0 fully saturated rings. The van der Waals surface area contributed by atoms with Crippen LogP contribution in [0, 0.1) is 0 Å². The first-order valence-corrected chi connectivity index (χ1v) is 9.89. The lowest BCUT2D eigenvalue weighted by atomic mass is 10.1. The molecule has 164 valence electrons. The van der Waals surface area contributed by atoms with Gasteiger partial charge in [-0.2, -0.15) is 0 Å². The van der Waals surface area contributed by atoms with Crippen LogP contribution in [0.25, 0.3) is 0 Å². The lowest BCUT2D eigenvalue weighted by Gasteiger charge is -2.16. The van der Waals surface area contributed by atoms with Crippen molar-refractivity contribution in [2.75, 3.05) is 23.1 Å². The van der Waals surface area contributed by atoms with Crippen LogP contribution in [0.2, 0.25) is 0 Å². The number of carbonyl (C=O) groups is 3. The van der Waals surface area contributed by atoms with Gasteiger partial charge in [0.25, 0.3) is 5.91 Å². The SMILES string of the molecule is COc1ccccc1NC(=O)c1ccc(N[C@H](C)C(=O)Nc2ccc(C(N)=O)cc2)cc1. The van der Waals surface area contributed by atoms with Gasteiger partial charge < -0.3 is 26.4 Å². The second-order valence-electron chi connectivity index (χ2n) is 7.03. The molecule has 8 nitrogen and oxygen atoms in total. The van der Waals surface area contributed by atoms with Crippen molar-refractivity contribution >= 4 is 34.8 Å². The van der Waals surface area contributed by atoms with E-state index in [0.717, 1.165) is 0 Å². The Morgan fingerprint density at radius 2 is 1.41 bits per heavy atom. The number of nitrogens with two attached hydrogens (primary N) is 1. The molecule has 3 aromatic carbocycles. The minimum Gasteiger partial charge on any atom is -0.495 e. The number of rotatable bonds is 8. The van der Waals surface area contributed by atoms with Gasteiger partial charge in [0.1, 0.15) is 11.8 Å². The molecule has 32 heavy (non-hydrogen) atoms. The molecule has 0 aromatic heterocycles. The van der Waals surface area contributed by atoms with Crippen LogP contribution in [0.5, 0.6) is 5.75 Å². The summed E-state index contributed by atoms with van der Waals surface area (Å²) in [5.41, 5.74) is 7.86. The van der Waals surface area contributed by atoms with Gasteiger partial charge in [-0.1, -0.05) is 12.1 Å². The van der Waals surface area contributed by atoms with Crippen molar-refractivity contribution < 1.29 is 19.1 Å². The summed E-state index contributed by atoms with van der Waals surface area (Å²) in [4.78, 5) is 36.1. The Hall–Kier alpha value is -4.33. The van der Waals surface area contributed by atoms with Gasteiger partial charge in [-0.15, -0.1) is 0 Å². The quantitative estimate of drug-likeness (QED) is 0.434. The standard InChI is InChI=1S/C24H24N4O4/c1-15(23(30)27-19-11-7-16(8-12-19)22(25)29)26-18-13-9-17(10-14-18)24(31)28-20-5-3-4-6-21(20)32-2/h3-15,26H,1-2H3,(H2,25,29)(H,27,30)(H,28,31)/t15-/m1/s1. The third-order valence-electron chi connectivity index (χ3n) is 4.72. The fraction of sp³-hybridized carbons (Fsp3) is 0.125. The van der Waals surface area contributed by atoms with Crippen LogP contribution in [0.4, 0.5) is 17.1 Å². The lowest BCUT2D eigenvalue weighted by Crippen LogP contribution is -2.31. The predicted molar refractivity (Wildman–Crippen MR) is 124 cm³/mol. The highest BCUT2D eigenvalue weighted by molar-refractivity contribution is 6.05. The molecule has 0 aliphatic heterocycles. The molecule has 0 bridgehead atoms. The third-order valence-corrected chi connectivity index (χ3v) is 4.72. The number of carbonyl (C=O) groups excluding carboxylic acids is 3. The molecule has 8 heteroatoms. The first-order valence-electron chi connectivity index (χ1n) is 9.89. The molecule has 1 atom stereocenters. The zero-order chi connectivity index (χ0) is 23.1. The highest BCUT2D eigenvalue weighted by Gasteiger charge is 2.14. The predicted octanol–water partition coefficient (Wildman–Crippen LogP) is 3.49. The summed E-state index contributed by atoms with van der Waals surface area (Å²) in [7, 11) is 1.54. The number of primary amides is 1. The number of hydrogen-bond acceptors (Lipinski definition) is 5. The molecule has 0 aliphatic carbocycles. The summed E-state index contributed by atoms with van der Waals surface area (Å²) in [5.74, 6) is -0.484. The maximum Gasteiger partial charge on any atom is 0.255 e. The van der Waals surface area contributed by atoms with E-state index >= 15 is 0 Å². The summed E-state index contributed by atoms with van der Waals surface area (Å²) in [5, 5.41) is 8.67. The van der Waals surface area contributed by atoms with Crippen LogP contribution in [0.1, 0.15) is 27.6 Å². The van der Waals surface area contributed by atoms with E-state index in [4.69, 9.17) is 10.5 Å². The Morgan fingerprint density at radius 1 is 0.812 bits per heavy atom. The van der Waals surface area contributed by atoms with E-state index < -0.39 is 11.9 Å². The molecule has 0 spiro atoms. The fourth-order valence-corrected chi connectivity index (χ4v) is 2.94. The van der Waals surface area contributed by atoms with Crippen molar-refractivity contribution in [2.45, 2.75) is 13.0 Å². The van der Waals surface area contributed by atoms with Gasteiger partial charge in [0, 0.05) is 22.5 Å². The summed E-state index contributed by atoms with van der Waals surface area (Å²) in [6.45, 7) is 1.72. The highest BCUT2D eigenvalue weighted by atomic mass is 16.5. The molecular weight excluding hydrogens is 408 g/mol. The van der Waals surface area contributed by atoms with E-state index in [1.165, 1.54) is 0 Å². The third kappa shape index (κ3) is 5.63. The average Bonchev–Trinajstić information content (AvgIpc) is 2.80. The molecular formula is C24H24N4O4. The van der Waals surface area contributed by atoms with Crippen LogP contribution >= 0.6 is 0 Å². The summed E-state index contributed by atoms with van der Waals surface area (Å²) in [6, 6.07) is 19.7. The van der Waals surface area contributed by atoms with Crippen LogP contribution in [-0.4, -0.2) is 30.9 Å².